The highest BCUT2D eigenvalue weighted by Crippen LogP contribution is 2.36. The number of nitrogens with one attached hydrogen (secondary N) is 1. The van der Waals surface area contributed by atoms with Gasteiger partial charge in [-0.2, -0.15) is 0 Å². The minimum atomic E-state index is -1.11. The Labute approximate surface area is 122 Å². The van der Waals surface area contributed by atoms with E-state index in [0.717, 1.165) is 0 Å². The van der Waals surface area contributed by atoms with Gasteiger partial charge in [0.1, 0.15) is 12.1 Å². The summed E-state index contributed by atoms with van der Waals surface area (Å²) >= 11 is 0. The molecule has 1 amide bonds. The molecule has 0 spiro atoms. The van der Waals surface area contributed by atoms with Crippen molar-refractivity contribution in [3.63, 3.8) is 0 Å². The smallest absolute Gasteiger partial charge is 0.329 e. The van der Waals surface area contributed by atoms with Gasteiger partial charge in [-0.25, -0.2) is 4.79 Å². The molecule has 2 rings (SSSR count). The topological polar surface area (TPSA) is 84.9 Å². The van der Waals surface area contributed by atoms with Crippen molar-refractivity contribution in [3.05, 3.63) is 36.4 Å². The second-order valence-corrected chi connectivity index (χ2v) is 4.81. The van der Waals surface area contributed by atoms with Crippen LogP contribution in [0.2, 0.25) is 0 Å². The average molecular weight is 291 g/mol. The second-order valence-electron chi connectivity index (χ2n) is 4.81. The molecule has 1 aliphatic carbocycles. The number of carbonyl (C=O) groups excluding carboxylic acids is 1. The quantitative estimate of drug-likeness (QED) is 0.745. The van der Waals surface area contributed by atoms with E-state index in [2.05, 4.69) is 11.9 Å². The highest BCUT2D eigenvalue weighted by atomic mass is 16.5. The maximum atomic E-state index is 12.1. The molecule has 1 saturated carbocycles. The molecule has 0 aliphatic heterocycles. The third-order valence-electron chi connectivity index (χ3n) is 3.29. The van der Waals surface area contributed by atoms with Crippen LogP contribution in [0, 0.1) is 0 Å². The maximum absolute atomic E-state index is 12.1. The van der Waals surface area contributed by atoms with Crippen LogP contribution in [0.25, 0.3) is 0 Å². The Kier molecular flexibility index (Phi) is 4.16. The zero-order valence-electron chi connectivity index (χ0n) is 11.7. The molecule has 0 atom stereocenters. The summed E-state index contributed by atoms with van der Waals surface area (Å²) in [6, 6.07) is 4.69. The van der Waals surface area contributed by atoms with Gasteiger partial charge in [-0.1, -0.05) is 12.7 Å². The van der Waals surface area contributed by atoms with E-state index < -0.39 is 17.4 Å². The number of methoxy groups -OCH3 is 1. The number of hydrogen-bond donors (Lipinski definition) is 2. The molecule has 0 saturated heterocycles. The summed E-state index contributed by atoms with van der Waals surface area (Å²) in [5.41, 5.74) is -0.784. The van der Waals surface area contributed by atoms with Crippen LogP contribution in [0.3, 0.4) is 0 Å². The minimum Gasteiger partial charge on any atom is -0.493 e. The van der Waals surface area contributed by atoms with Gasteiger partial charge in [0, 0.05) is 5.56 Å². The SMILES string of the molecule is C=CCOc1ccc(C(=O)NC2(C(=O)O)CC2)cc1OC. The monoisotopic (exact) mass is 291 g/mol. The van der Waals surface area contributed by atoms with Crippen LogP contribution >= 0.6 is 0 Å². The molecule has 0 unspecified atom stereocenters. The molecular weight excluding hydrogens is 274 g/mol. The fourth-order valence-corrected chi connectivity index (χ4v) is 1.88. The summed E-state index contributed by atoms with van der Waals surface area (Å²) < 4.78 is 10.6. The van der Waals surface area contributed by atoms with Gasteiger partial charge in [0.15, 0.2) is 11.5 Å². The Bertz CT molecular complexity index is 577. The summed E-state index contributed by atoms with van der Waals surface area (Å²) in [5, 5.41) is 11.6. The van der Waals surface area contributed by atoms with Gasteiger partial charge in [-0.3, -0.25) is 4.79 Å². The second kappa shape index (κ2) is 5.87. The van der Waals surface area contributed by atoms with E-state index in [1.807, 2.05) is 0 Å². The zero-order valence-corrected chi connectivity index (χ0v) is 11.7. The highest BCUT2D eigenvalue weighted by molar-refractivity contribution is 5.99. The fourth-order valence-electron chi connectivity index (χ4n) is 1.88. The van der Waals surface area contributed by atoms with E-state index in [-0.39, 0.29) is 0 Å². The van der Waals surface area contributed by atoms with Crippen molar-refractivity contribution in [3.8, 4) is 11.5 Å². The number of amides is 1. The summed E-state index contributed by atoms with van der Waals surface area (Å²) in [7, 11) is 1.47. The van der Waals surface area contributed by atoms with E-state index in [0.29, 0.717) is 36.5 Å². The largest absolute Gasteiger partial charge is 0.493 e. The fraction of sp³-hybridized carbons (Fsp3) is 0.333. The number of aliphatic carboxylic acids is 1. The first kappa shape index (κ1) is 14.9. The lowest BCUT2D eigenvalue weighted by atomic mass is 10.1. The number of carbonyl (C=O) groups is 2. The highest BCUT2D eigenvalue weighted by Gasteiger charge is 2.51. The van der Waals surface area contributed by atoms with Gasteiger partial charge < -0.3 is 19.9 Å². The van der Waals surface area contributed by atoms with E-state index in [9.17, 15) is 9.59 Å². The molecular formula is C15H17NO5. The maximum Gasteiger partial charge on any atom is 0.329 e. The molecule has 1 fully saturated rings. The van der Waals surface area contributed by atoms with Crippen molar-refractivity contribution in [2.75, 3.05) is 13.7 Å². The summed E-state index contributed by atoms with van der Waals surface area (Å²) in [5.74, 6) is -0.546. The number of ether oxygens (including phenoxy) is 2. The molecule has 0 heterocycles. The molecule has 1 aliphatic rings. The third kappa shape index (κ3) is 3.16. The molecule has 6 heteroatoms. The van der Waals surface area contributed by atoms with Crippen LogP contribution in [0.1, 0.15) is 23.2 Å². The van der Waals surface area contributed by atoms with Gasteiger partial charge in [-0.15, -0.1) is 0 Å². The van der Waals surface area contributed by atoms with Crippen LogP contribution < -0.4 is 14.8 Å². The van der Waals surface area contributed by atoms with Crippen molar-refractivity contribution in [2.24, 2.45) is 0 Å². The van der Waals surface area contributed by atoms with E-state index in [4.69, 9.17) is 14.6 Å². The van der Waals surface area contributed by atoms with Crippen LogP contribution in [0.15, 0.2) is 30.9 Å². The van der Waals surface area contributed by atoms with Crippen molar-refractivity contribution in [1.29, 1.82) is 0 Å². The molecule has 21 heavy (non-hydrogen) atoms. The van der Waals surface area contributed by atoms with Crippen LogP contribution in [0.5, 0.6) is 11.5 Å². The average Bonchev–Trinajstić information content (AvgIpc) is 3.25. The Balaban J connectivity index is 2.14. The minimum absolute atomic E-state index is 0.323. The van der Waals surface area contributed by atoms with Crippen molar-refractivity contribution in [1.82, 2.24) is 5.32 Å². The Morgan fingerprint density at radius 2 is 2.14 bits per heavy atom. The number of carboxylic acid groups (broad SMARTS) is 1. The summed E-state index contributed by atoms with van der Waals surface area (Å²) in [4.78, 5) is 23.2. The van der Waals surface area contributed by atoms with Gasteiger partial charge in [0.05, 0.1) is 7.11 Å². The predicted octanol–water partition coefficient (Wildman–Crippen LogP) is 1.61. The molecule has 112 valence electrons. The van der Waals surface area contributed by atoms with Crippen LogP contribution in [-0.4, -0.2) is 36.2 Å². The predicted molar refractivity (Wildman–Crippen MR) is 75.8 cm³/mol. The van der Waals surface area contributed by atoms with Gasteiger partial charge in [0.2, 0.25) is 0 Å². The summed E-state index contributed by atoms with van der Waals surface area (Å²) in [6.45, 7) is 3.88. The van der Waals surface area contributed by atoms with Crippen molar-refractivity contribution >= 4 is 11.9 Å². The first-order valence-corrected chi connectivity index (χ1v) is 6.50. The van der Waals surface area contributed by atoms with E-state index in [1.54, 1.807) is 18.2 Å². The lowest BCUT2D eigenvalue weighted by Crippen LogP contribution is -2.43. The molecule has 2 N–H and O–H groups in total. The van der Waals surface area contributed by atoms with Crippen molar-refractivity contribution < 1.29 is 24.2 Å². The number of benzene rings is 1. The molecule has 0 aromatic heterocycles. The molecule has 1 aromatic carbocycles. The Morgan fingerprint density at radius 1 is 1.43 bits per heavy atom. The van der Waals surface area contributed by atoms with E-state index >= 15 is 0 Å². The molecule has 1 aromatic rings. The molecule has 0 radical (unpaired) electrons. The molecule has 6 nitrogen and oxygen atoms in total. The van der Waals surface area contributed by atoms with Crippen LogP contribution in [0.4, 0.5) is 0 Å². The number of carboxylic acids is 1. The third-order valence-corrected chi connectivity index (χ3v) is 3.29. The number of rotatable bonds is 7. The first-order valence-electron chi connectivity index (χ1n) is 6.50. The lowest BCUT2D eigenvalue weighted by Gasteiger charge is -2.14. The van der Waals surface area contributed by atoms with E-state index in [1.165, 1.54) is 13.2 Å². The summed E-state index contributed by atoms with van der Waals surface area (Å²) in [6.07, 6.45) is 2.50. The Morgan fingerprint density at radius 3 is 2.67 bits per heavy atom. The number of hydrogen-bond acceptors (Lipinski definition) is 4. The zero-order chi connectivity index (χ0) is 15.5. The van der Waals surface area contributed by atoms with Crippen molar-refractivity contribution in [2.45, 2.75) is 18.4 Å². The van der Waals surface area contributed by atoms with Gasteiger partial charge in [-0.05, 0) is 31.0 Å². The standard InChI is InChI=1S/C15H17NO5/c1-3-8-21-11-5-4-10(9-12(11)20-2)13(17)16-15(6-7-15)14(18)19/h3-5,9H,1,6-8H2,2H3,(H,16,17)(H,18,19). The van der Waals surface area contributed by atoms with Crippen LogP contribution in [-0.2, 0) is 4.79 Å². The first-order chi connectivity index (χ1) is 10.0. The normalized spacial score (nSPS) is 14.9. The Hall–Kier alpha value is -2.50. The van der Waals surface area contributed by atoms with Gasteiger partial charge in [0.25, 0.3) is 5.91 Å². The molecule has 0 bridgehead atoms. The lowest BCUT2D eigenvalue weighted by molar-refractivity contribution is -0.140. The van der Waals surface area contributed by atoms with Gasteiger partial charge >= 0.3 is 5.97 Å².